The first-order chi connectivity index (χ1) is 13.3. The molecule has 0 aromatic carbocycles. The third-order valence-electron chi connectivity index (χ3n) is 7.45. The van der Waals surface area contributed by atoms with E-state index in [-0.39, 0.29) is 0 Å². The summed E-state index contributed by atoms with van der Waals surface area (Å²) >= 11 is 0. The maximum atomic E-state index is 4.79. The van der Waals surface area contributed by atoms with Crippen molar-refractivity contribution in [2.75, 3.05) is 0 Å². The highest BCUT2D eigenvalue weighted by Gasteiger charge is 2.33. The molecule has 2 aliphatic carbocycles. The lowest BCUT2D eigenvalue weighted by atomic mass is 9.66. The molecule has 2 nitrogen and oxygen atoms in total. The minimum atomic E-state index is 0.828. The van der Waals surface area contributed by atoms with Crippen molar-refractivity contribution in [3.63, 3.8) is 0 Å². The molecule has 2 heteroatoms. The topological polar surface area (TPSA) is 25.8 Å². The molecule has 0 radical (unpaired) electrons. The van der Waals surface area contributed by atoms with Gasteiger partial charge in [0.25, 0.3) is 0 Å². The Balaban J connectivity index is 1.63. The normalized spacial score (nSPS) is 25.4. The van der Waals surface area contributed by atoms with Gasteiger partial charge in [-0.3, -0.25) is 0 Å². The van der Waals surface area contributed by atoms with Crippen LogP contribution in [0, 0.1) is 23.7 Å². The zero-order valence-corrected chi connectivity index (χ0v) is 18.0. The van der Waals surface area contributed by atoms with Crippen molar-refractivity contribution in [3.8, 4) is 0 Å². The smallest absolute Gasteiger partial charge is 0.128 e. The molecule has 1 heterocycles. The average molecular weight is 371 g/mol. The lowest BCUT2D eigenvalue weighted by Crippen LogP contribution is -2.31. The van der Waals surface area contributed by atoms with Crippen molar-refractivity contribution >= 4 is 0 Å². The molecular weight excluding hydrogens is 328 g/mol. The third-order valence-corrected chi connectivity index (χ3v) is 7.45. The van der Waals surface area contributed by atoms with E-state index in [2.05, 4.69) is 26.2 Å². The number of nitrogens with zero attached hydrogens (tertiary/aromatic N) is 2. The molecule has 2 saturated carbocycles. The first kappa shape index (κ1) is 20.8. The van der Waals surface area contributed by atoms with Gasteiger partial charge in [-0.25, -0.2) is 9.97 Å². The van der Waals surface area contributed by atoms with Crippen LogP contribution in [0.4, 0.5) is 0 Å². The van der Waals surface area contributed by atoms with E-state index in [0.717, 1.165) is 42.3 Å². The summed E-state index contributed by atoms with van der Waals surface area (Å²) < 4.78 is 0. The molecule has 1 aromatic heterocycles. The van der Waals surface area contributed by atoms with Crippen LogP contribution in [0.3, 0.4) is 0 Å². The van der Waals surface area contributed by atoms with Crippen LogP contribution in [0.1, 0.15) is 109 Å². The molecular formula is C25H42N2. The fourth-order valence-corrected chi connectivity index (χ4v) is 5.80. The molecule has 0 spiro atoms. The van der Waals surface area contributed by atoms with Crippen molar-refractivity contribution in [1.82, 2.24) is 9.97 Å². The SMILES string of the molecule is CCCCc1cnc(CC(C2CCCCC2)C2CCC(CCC)CC2)nc1. The van der Waals surface area contributed by atoms with E-state index in [1.165, 1.54) is 89.0 Å². The largest absolute Gasteiger partial charge is 0.241 e. The summed E-state index contributed by atoms with van der Waals surface area (Å²) in [5.74, 6) is 4.79. The van der Waals surface area contributed by atoms with Crippen LogP contribution in [0.15, 0.2) is 12.4 Å². The Hall–Kier alpha value is -0.920. The van der Waals surface area contributed by atoms with Crippen LogP contribution >= 0.6 is 0 Å². The van der Waals surface area contributed by atoms with Crippen molar-refractivity contribution in [1.29, 1.82) is 0 Å². The predicted molar refractivity (Wildman–Crippen MR) is 115 cm³/mol. The molecule has 1 unspecified atom stereocenters. The standard InChI is InChI=1S/C25H42N2/c1-3-5-10-21-18-26-25(27-19-21)17-24(22-11-7-6-8-12-22)23-15-13-20(9-4-2)14-16-23/h18-20,22-24H,3-17H2,1-2H3. The lowest BCUT2D eigenvalue weighted by molar-refractivity contribution is 0.121. The van der Waals surface area contributed by atoms with E-state index in [1.807, 2.05) is 0 Å². The quantitative estimate of drug-likeness (QED) is 0.460. The summed E-state index contributed by atoms with van der Waals surface area (Å²) in [5, 5.41) is 0. The van der Waals surface area contributed by atoms with Crippen molar-refractivity contribution in [3.05, 3.63) is 23.8 Å². The molecule has 3 rings (SSSR count). The Bertz CT molecular complexity index is 510. The summed E-state index contributed by atoms with van der Waals surface area (Å²) in [6.07, 6.45) is 24.9. The van der Waals surface area contributed by atoms with Crippen LogP contribution in [-0.2, 0) is 12.8 Å². The van der Waals surface area contributed by atoms with Crippen LogP contribution in [0.5, 0.6) is 0 Å². The van der Waals surface area contributed by atoms with E-state index >= 15 is 0 Å². The molecule has 152 valence electrons. The third kappa shape index (κ3) is 6.29. The summed E-state index contributed by atoms with van der Waals surface area (Å²) in [7, 11) is 0. The van der Waals surface area contributed by atoms with E-state index in [9.17, 15) is 0 Å². The van der Waals surface area contributed by atoms with Crippen LogP contribution in [-0.4, -0.2) is 9.97 Å². The minimum absolute atomic E-state index is 0.828. The number of unbranched alkanes of at least 4 members (excludes halogenated alkanes) is 1. The van der Waals surface area contributed by atoms with Gasteiger partial charge in [-0.2, -0.15) is 0 Å². The molecule has 0 bridgehead atoms. The van der Waals surface area contributed by atoms with Crippen molar-refractivity contribution < 1.29 is 0 Å². The van der Waals surface area contributed by atoms with Gasteiger partial charge in [-0.15, -0.1) is 0 Å². The highest BCUT2D eigenvalue weighted by atomic mass is 14.9. The zero-order chi connectivity index (χ0) is 18.9. The van der Waals surface area contributed by atoms with Gasteiger partial charge in [0, 0.05) is 18.8 Å². The van der Waals surface area contributed by atoms with Crippen molar-refractivity contribution in [2.24, 2.45) is 23.7 Å². The number of hydrogen-bond donors (Lipinski definition) is 0. The minimum Gasteiger partial charge on any atom is -0.241 e. The highest BCUT2D eigenvalue weighted by Crippen LogP contribution is 2.43. The maximum absolute atomic E-state index is 4.79. The highest BCUT2D eigenvalue weighted by molar-refractivity contribution is 5.06. The number of aromatic nitrogens is 2. The van der Waals surface area contributed by atoms with Crippen molar-refractivity contribution in [2.45, 2.75) is 110 Å². The Morgan fingerprint density at radius 2 is 1.52 bits per heavy atom. The Morgan fingerprint density at radius 1 is 0.852 bits per heavy atom. The van der Waals surface area contributed by atoms with E-state index in [1.54, 1.807) is 0 Å². The molecule has 27 heavy (non-hydrogen) atoms. The van der Waals surface area contributed by atoms with E-state index in [4.69, 9.17) is 9.97 Å². The molecule has 2 fully saturated rings. The van der Waals surface area contributed by atoms with Gasteiger partial charge < -0.3 is 0 Å². The first-order valence-corrected chi connectivity index (χ1v) is 12.1. The second-order valence-corrected chi connectivity index (χ2v) is 9.45. The zero-order valence-electron chi connectivity index (χ0n) is 18.0. The van der Waals surface area contributed by atoms with E-state index < -0.39 is 0 Å². The molecule has 0 N–H and O–H groups in total. The van der Waals surface area contributed by atoms with Gasteiger partial charge >= 0.3 is 0 Å². The first-order valence-electron chi connectivity index (χ1n) is 12.1. The monoisotopic (exact) mass is 370 g/mol. The second-order valence-electron chi connectivity index (χ2n) is 9.45. The van der Waals surface area contributed by atoms with Gasteiger partial charge in [0.1, 0.15) is 5.82 Å². The van der Waals surface area contributed by atoms with Gasteiger partial charge in [0.2, 0.25) is 0 Å². The number of hydrogen-bond acceptors (Lipinski definition) is 2. The summed E-state index contributed by atoms with van der Waals surface area (Å²) in [5.41, 5.74) is 1.31. The molecule has 0 aliphatic heterocycles. The maximum Gasteiger partial charge on any atom is 0.128 e. The molecule has 1 aromatic rings. The Morgan fingerprint density at radius 3 is 2.15 bits per heavy atom. The lowest BCUT2D eigenvalue weighted by Gasteiger charge is -2.39. The average Bonchev–Trinajstić information content (AvgIpc) is 2.73. The second kappa shape index (κ2) is 11.2. The van der Waals surface area contributed by atoms with Gasteiger partial charge in [0.05, 0.1) is 0 Å². The van der Waals surface area contributed by atoms with Gasteiger partial charge in [-0.1, -0.05) is 78.1 Å². The fraction of sp³-hybridized carbons (Fsp3) is 0.840. The predicted octanol–water partition coefficient (Wildman–Crippen LogP) is 7.16. The summed E-state index contributed by atoms with van der Waals surface area (Å²) in [6.45, 7) is 4.59. The molecule has 1 atom stereocenters. The molecule has 2 aliphatic rings. The number of aryl methyl sites for hydroxylation is 1. The van der Waals surface area contributed by atoms with E-state index in [0.29, 0.717) is 0 Å². The Labute approximate surface area is 168 Å². The van der Waals surface area contributed by atoms with Gasteiger partial charge in [-0.05, 0) is 54.9 Å². The van der Waals surface area contributed by atoms with Crippen LogP contribution < -0.4 is 0 Å². The van der Waals surface area contributed by atoms with Crippen LogP contribution in [0.25, 0.3) is 0 Å². The summed E-state index contributed by atoms with van der Waals surface area (Å²) in [6, 6.07) is 0. The number of rotatable bonds is 9. The summed E-state index contributed by atoms with van der Waals surface area (Å²) in [4.78, 5) is 9.59. The molecule has 0 saturated heterocycles. The Kier molecular flexibility index (Phi) is 8.61. The molecule has 0 amide bonds. The van der Waals surface area contributed by atoms with Crippen LogP contribution in [0.2, 0.25) is 0 Å². The fourth-order valence-electron chi connectivity index (χ4n) is 5.80. The van der Waals surface area contributed by atoms with Gasteiger partial charge in [0.15, 0.2) is 0 Å².